The topological polar surface area (TPSA) is 18.5 Å². The molecule has 0 bridgehead atoms. The van der Waals surface area contributed by atoms with Crippen LogP contribution in [0.25, 0.3) is 0 Å². The zero-order valence-corrected chi connectivity index (χ0v) is 15.7. The van der Waals surface area contributed by atoms with Crippen molar-refractivity contribution in [3.8, 4) is 0 Å². The summed E-state index contributed by atoms with van der Waals surface area (Å²) in [5, 5.41) is 0. The Morgan fingerprint density at radius 3 is 1.69 bits per heavy atom. The fourth-order valence-corrected chi connectivity index (χ4v) is 7.54. The van der Waals surface area contributed by atoms with Crippen LogP contribution in [-0.2, 0) is 8.85 Å². The molecular weight excluding hydrogens is 248 g/mol. The predicted molar refractivity (Wildman–Crippen MR) is 80.8 cm³/mol. The van der Waals surface area contributed by atoms with Crippen molar-refractivity contribution in [3.05, 3.63) is 0 Å². The summed E-state index contributed by atoms with van der Waals surface area (Å²) in [6.07, 6.45) is 0. The van der Waals surface area contributed by atoms with Gasteiger partial charge in [-0.25, -0.2) is 0 Å². The van der Waals surface area contributed by atoms with E-state index in [-0.39, 0.29) is 0 Å². The average molecular weight is 279 g/mol. The van der Waals surface area contributed by atoms with Crippen molar-refractivity contribution in [1.82, 2.24) is 0 Å². The van der Waals surface area contributed by atoms with Crippen LogP contribution in [0, 0.1) is 0 Å². The van der Waals surface area contributed by atoms with Gasteiger partial charge in [0.05, 0.1) is 13.8 Å². The van der Waals surface area contributed by atoms with Crippen LogP contribution in [0.3, 0.4) is 0 Å². The molecule has 0 aliphatic carbocycles. The van der Waals surface area contributed by atoms with Crippen LogP contribution < -0.4 is 0 Å². The van der Waals surface area contributed by atoms with E-state index in [1.807, 2.05) is 0 Å². The third-order valence-corrected chi connectivity index (χ3v) is 9.33. The van der Waals surface area contributed by atoms with Crippen molar-refractivity contribution in [2.45, 2.75) is 71.1 Å². The van der Waals surface area contributed by atoms with Crippen molar-refractivity contribution in [2.75, 3.05) is 0 Å². The normalized spacial score (nSPS) is 19.3. The first-order valence-corrected chi connectivity index (χ1v) is 15.5. The van der Waals surface area contributed by atoms with E-state index in [0.29, 0.717) is 11.5 Å². The van der Waals surface area contributed by atoms with Crippen LogP contribution in [0.2, 0.25) is 45.8 Å². The lowest BCUT2D eigenvalue weighted by Crippen LogP contribution is -2.46. The van der Waals surface area contributed by atoms with Gasteiger partial charge in [-0.05, 0) is 40.0 Å². The van der Waals surface area contributed by atoms with Crippen LogP contribution in [-0.4, -0.2) is 36.9 Å². The molecule has 3 atom stereocenters. The maximum absolute atomic E-state index is 6.22. The largest absolute Gasteiger partial charge is 0.418 e. The first-order valence-electron chi connectivity index (χ1n) is 6.27. The fourth-order valence-electron chi connectivity index (χ4n) is 1.29. The van der Waals surface area contributed by atoms with Crippen molar-refractivity contribution < 1.29 is 8.85 Å². The van der Waals surface area contributed by atoms with Gasteiger partial charge in [-0.1, -0.05) is 19.6 Å². The summed E-state index contributed by atoms with van der Waals surface area (Å²) in [6.45, 7) is 20.5. The molecule has 0 aliphatic heterocycles. The van der Waals surface area contributed by atoms with Gasteiger partial charge in [0, 0.05) is 5.73 Å². The molecule has 0 amide bonds. The Morgan fingerprint density at radius 1 is 0.938 bits per heavy atom. The molecule has 3 unspecified atom stereocenters. The summed E-state index contributed by atoms with van der Waals surface area (Å²) >= 11 is 0. The smallest absolute Gasteiger partial charge is 0.200 e. The zero-order valence-electron chi connectivity index (χ0n) is 12.5. The summed E-state index contributed by atoms with van der Waals surface area (Å²) < 4.78 is 12.3. The monoisotopic (exact) mass is 278 g/mol. The van der Waals surface area contributed by atoms with Crippen LogP contribution in [0.1, 0.15) is 13.8 Å². The van der Waals surface area contributed by atoms with Gasteiger partial charge in [0.2, 0.25) is 9.04 Å². The minimum atomic E-state index is -1.41. The van der Waals surface area contributed by atoms with Crippen LogP contribution in [0.4, 0.5) is 0 Å². The van der Waals surface area contributed by atoms with Gasteiger partial charge in [0.1, 0.15) is 0 Å². The highest BCUT2D eigenvalue weighted by Crippen LogP contribution is 2.16. The fraction of sp³-hybridized carbons (Fsp3) is 1.00. The van der Waals surface area contributed by atoms with E-state index in [4.69, 9.17) is 8.85 Å². The highest BCUT2D eigenvalue weighted by atomic mass is 28.4. The molecule has 2 nitrogen and oxygen atoms in total. The second-order valence-electron chi connectivity index (χ2n) is 6.78. The molecule has 0 aromatic carbocycles. The SMILES string of the molecule is CC(O[Si](C)(C)C)[SiH](C)OC(C)[Si](C)(C)C. The van der Waals surface area contributed by atoms with E-state index in [1.54, 1.807) is 0 Å². The second kappa shape index (κ2) is 5.95. The zero-order chi connectivity index (χ0) is 13.1. The van der Waals surface area contributed by atoms with E-state index >= 15 is 0 Å². The molecular formula is C11H30O2Si3. The van der Waals surface area contributed by atoms with Gasteiger partial charge < -0.3 is 8.85 Å². The second-order valence-corrected chi connectivity index (χ2v) is 19.4. The molecule has 0 rings (SSSR count). The minimum Gasteiger partial charge on any atom is -0.418 e. The third-order valence-electron chi connectivity index (χ3n) is 2.84. The summed E-state index contributed by atoms with van der Waals surface area (Å²) in [5.41, 5.74) is 0.785. The highest BCUT2D eigenvalue weighted by molar-refractivity contribution is 6.78. The maximum Gasteiger partial charge on any atom is 0.200 e. The van der Waals surface area contributed by atoms with E-state index in [0.717, 1.165) is 0 Å². The van der Waals surface area contributed by atoms with Gasteiger partial charge in [-0.15, -0.1) is 0 Å². The maximum atomic E-state index is 6.22. The van der Waals surface area contributed by atoms with Crippen molar-refractivity contribution in [1.29, 1.82) is 0 Å². The Kier molecular flexibility index (Phi) is 6.16. The van der Waals surface area contributed by atoms with Gasteiger partial charge in [-0.2, -0.15) is 0 Å². The van der Waals surface area contributed by atoms with Crippen molar-refractivity contribution in [3.63, 3.8) is 0 Å². The molecule has 0 spiro atoms. The summed E-state index contributed by atoms with van der Waals surface area (Å²) in [4.78, 5) is 0. The summed E-state index contributed by atoms with van der Waals surface area (Å²) in [5.74, 6) is 0. The molecule has 0 radical (unpaired) electrons. The molecule has 98 valence electrons. The molecule has 0 saturated carbocycles. The first kappa shape index (κ1) is 16.6. The van der Waals surface area contributed by atoms with Crippen LogP contribution in [0.5, 0.6) is 0 Å². The van der Waals surface area contributed by atoms with E-state index < -0.39 is 25.4 Å². The van der Waals surface area contributed by atoms with E-state index in [1.165, 1.54) is 0 Å². The molecule has 0 heterocycles. The van der Waals surface area contributed by atoms with Gasteiger partial charge >= 0.3 is 0 Å². The number of hydrogen-bond acceptors (Lipinski definition) is 2. The lowest BCUT2D eigenvalue weighted by atomic mass is 10.9. The Bertz CT molecular complexity index is 208. The Labute approximate surface area is 106 Å². The minimum absolute atomic E-state index is 0.338. The predicted octanol–water partition coefficient (Wildman–Crippen LogP) is 3.40. The Morgan fingerprint density at radius 2 is 1.38 bits per heavy atom. The molecule has 0 aromatic heterocycles. The van der Waals surface area contributed by atoms with Crippen LogP contribution in [0.15, 0.2) is 0 Å². The molecule has 5 heteroatoms. The van der Waals surface area contributed by atoms with Crippen molar-refractivity contribution >= 4 is 25.4 Å². The molecule has 0 aromatic rings. The van der Waals surface area contributed by atoms with Crippen molar-refractivity contribution in [2.24, 2.45) is 0 Å². The molecule has 0 N–H and O–H groups in total. The first-order chi connectivity index (χ1) is 6.93. The van der Waals surface area contributed by atoms with Gasteiger partial charge in [0.15, 0.2) is 8.32 Å². The van der Waals surface area contributed by atoms with Crippen LogP contribution >= 0.6 is 0 Å². The summed E-state index contributed by atoms with van der Waals surface area (Å²) in [7, 11) is -3.78. The molecule has 0 fully saturated rings. The Hall–Kier alpha value is 0.571. The molecule has 0 aliphatic rings. The Balaban J connectivity index is 4.21. The molecule has 0 saturated heterocycles. The third kappa shape index (κ3) is 7.01. The summed E-state index contributed by atoms with van der Waals surface area (Å²) in [6, 6.07) is 0. The lowest BCUT2D eigenvalue weighted by Gasteiger charge is -2.33. The lowest BCUT2D eigenvalue weighted by molar-refractivity contribution is 0.221. The van der Waals surface area contributed by atoms with Gasteiger partial charge in [0.25, 0.3) is 0 Å². The standard InChI is InChI=1S/C11H30O2Si3/c1-10(13-16(7,8)9)14(3)12-11(2)15(4,5)6/h10-11,14H,1-9H3. The van der Waals surface area contributed by atoms with Gasteiger partial charge in [-0.3, -0.25) is 0 Å². The highest BCUT2D eigenvalue weighted by Gasteiger charge is 2.29. The van der Waals surface area contributed by atoms with E-state index in [9.17, 15) is 0 Å². The molecule has 16 heavy (non-hydrogen) atoms. The average Bonchev–Trinajstić information content (AvgIpc) is 1.98. The number of rotatable bonds is 6. The van der Waals surface area contributed by atoms with E-state index in [2.05, 4.69) is 59.7 Å². The quantitative estimate of drug-likeness (QED) is 0.693. The number of hydrogen-bond donors (Lipinski definition) is 0.